The first-order chi connectivity index (χ1) is 10.1. The second kappa shape index (κ2) is 7.19. The molecule has 0 bridgehead atoms. The van der Waals surface area contributed by atoms with Crippen molar-refractivity contribution in [2.24, 2.45) is 5.73 Å². The van der Waals surface area contributed by atoms with E-state index in [1.54, 1.807) is 7.05 Å². The standard InChI is InChI=1S/C15H22N4O2/c1-17-15(21)13-6-3-7-19(13)10-14(20)18-12-5-2-4-11(8-12)9-16/h2,4-5,8,13H,3,6-7,9-10,16H2,1H3,(H,17,21)(H,18,20). The Kier molecular flexibility index (Phi) is 5.30. The summed E-state index contributed by atoms with van der Waals surface area (Å²) in [5, 5.41) is 5.50. The number of nitrogens with one attached hydrogen (secondary N) is 2. The first-order valence-corrected chi connectivity index (χ1v) is 7.18. The van der Waals surface area contributed by atoms with E-state index in [0.29, 0.717) is 6.54 Å². The molecule has 1 aromatic rings. The highest BCUT2D eigenvalue weighted by atomic mass is 16.2. The number of carbonyl (C=O) groups is 2. The Hall–Kier alpha value is -1.92. The minimum Gasteiger partial charge on any atom is -0.358 e. The lowest BCUT2D eigenvalue weighted by Crippen LogP contribution is -2.45. The average Bonchev–Trinajstić information content (AvgIpc) is 2.94. The zero-order valence-electron chi connectivity index (χ0n) is 12.3. The maximum atomic E-state index is 12.1. The van der Waals surface area contributed by atoms with Crippen molar-refractivity contribution in [1.29, 1.82) is 0 Å². The molecule has 1 aliphatic rings. The molecule has 1 aliphatic heterocycles. The van der Waals surface area contributed by atoms with Crippen LogP contribution in [0.5, 0.6) is 0 Å². The number of benzene rings is 1. The molecule has 1 fully saturated rings. The molecule has 6 nitrogen and oxygen atoms in total. The quantitative estimate of drug-likeness (QED) is 0.727. The van der Waals surface area contributed by atoms with Crippen molar-refractivity contribution < 1.29 is 9.59 Å². The third kappa shape index (κ3) is 4.03. The van der Waals surface area contributed by atoms with Crippen molar-refractivity contribution in [3.8, 4) is 0 Å². The summed E-state index contributed by atoms with van der Waals surface area (Å²) in [6, 6.07) is 7.27. The molecule has 1 aromatic carbocycles. The first kappa shape index (κ1) is 15.5. The van der Waals surface area contributed by atoms with Crippen LogP contribution in [0.15, 0.2) is 24.3 Å². The number of amides is 2. The molecule has 4 N–H and O–H groups in total. The molecule has 21 heavy (non-hydrogen) atoms. The number of likely N-dealkylation sites (N-methyl/N-ethyl adjacent to an activating group) is 1. The third-order valence-electron chi connectivity index (χ3n) is 3.71. The first-order valence-electron chi connectivity index (χ1n) is 7.18. The third-order valence-corrected chi connectivity index (χ3v) is 3.71. The molecule has 1 unspecified atom stereocenters. The Morgan fingerprint density at radius 3 is 2.95 bits per heavy atom. The van der Waals surface area contributed by atoms with Gasteiger partial charge in [-0.05, 0) is 37.1 Å². The number of anilines is 1. The number of hydrogen-bond acceptors (Lipinski definition) is 4. The molecule has 6 heteroatoms. The van der Waals surface area contributed by atoms with Gasteiger partial charge in [0.25, 0.3) is 0 Å². The van der Waals surface area contributed by atoms with Crippen LogP contribution in [-0.4, -0.2) is 42.9 Å². The Labute approximate surface area is 124 Å². The van der Waals surface area contributed by atoms with Gasteiger partial charge in [-0.2, -0.15) is 0 Å². The van der Waals surface area contributed by atoms with Crippen LogP contribution in [0.3, 0.4) is 0 Å². The topological polar surface area (TPSA) is 87.5 Å². The van der Waals surface area contributed by atoms with E-state index in [2.05, 4.69) is 10.6 Å². The fourth-order valence-electron chi connectivity index (χ4n) is 2.64. The lowest BCUT2D eigenvalue weighted by Gasteiger charge is -2.22. The van der Waals surface area contributed by atoms with E-state index in [1.165, 1.54) is 0 Å². The Morgan fingerprint density at radius 1 is 1.43 bits per heavy atom. The van der Waals surface area contributed by atoms with Crippen molar-refractivity contribution in [2.75, 3.05) is 25.5 Å². The fourth-order valence-corrected chi connectivity index (χ4v) is 2.64. The zero-order valence-corrected chi connectivity index (χ0v) is 12.3. The van der Waals surface area contributed by atoms with E-state index in [1.807, 2.05) is 29.2 Å². The van der Waals surface area contributed by atoms with Gasteiger partial charge in [-0.25, -0.2) is 0 Å². The second-order valence-corrected chi connectivity index (χ2v) is 5.20. The largest absolute Gasteiger partial charge is 0.358 e. The van der Waals surface area contributed by atoms with E-state index < -0.39 is 0 Å². The van der Waals surface area contributed by atoms with Crippen LogP contribution in [-0.2, 0) is 16.1 Å². The van der Waals surface area contributed by atoms with Crippen LogP contribution in [0.25, 0.3) is 0 Å². The SMILES string of the molecule is CNC(=O)C1CCCN1CC(=O)Nc1cccc(CN)c1. The molecule has 0 spiro atoms. The molecule has 0 aromatic heterocycles. The Bertz CT molecular complexity index is 518. The van der Waals surface area contributed by atoms with Crippen molar-refractivity contribution in [1.82, 2.24) is 10.2 Å². The van der Waals surface area contributed by atoms with Gasteiger partial charge in [0.05, 0.1) is 12.6 Å². The van der Waals surface area contributed by atoms with Crippen molar-refractivity contribution in [2.45, 2.75) is 25.4 Å². The summed E-state index contributed by atoms with van der Waals surface area (Å²) in [4.78, 5) is 25.8. The van der Waals surface area contributed by atoms with Gasteiger partial charge >= 0.3 is 0 Å². The van der Waals surface area contributed by atoms with E-state index in [9.17, 15) is 9.59 Å². The molecule has 2 rings (SSSR count). The monoisotopic (exact) mass is 290 g/mol. The summed E-state index contributed by atoms with van der Waals surface area (Å²) in [6.07, 6.45) is 1.74. The van der Waals surface area contributed by atoms with Gasteiger partial charge in [-0.1, -0.05) is 12.1 Å². The molecule has 0 aliphatic carbocycles. The summed E-state index contributed by atoms with van der Waals surface area (Å²) in [7, 11) is 1.62. The normalized spacial score (nSPS) is 18.5. The predicted octanol–water partition coefficient (Wildman–Crippen LogP) is 0.294. The predicted molar refractivity (Wildman–Crippen MR) is 81.6 cm³/mol. The van der Waals surface area contributed by atoms with E-state index in [4.69, 9.17) is 5.73 Å². The minimum atomic E-state index is -0.198. The van der Waals surface area contributed by atoms with E-state index >= 15 is 0 Å². The average molecular weight is 290 g/mol. The summed E-state index contributed by atoms with van der Waals surface area (Å²) in [6.45, 7) is 1.44. The number of likely N-dealkylation sites (tertiary alicyclic amines) is 1. The minimum absolute atomic E-state index is 0.0228. The number of nitrogens with two attached hydrogens (primary N) is 1. The van der Waals surface area contributed by atoms with E-state index in [0.717, 1.165) is 30.6 Å². The number of hydrogen-bond donors (Lipinski definition) is 3. The number of rotatable bonds is 5. The highest BCUT2D eigenvalue weighted by Gasteiger charge is 2.31. The van der Waals surface area contributed by atoms with Crippen LogP contribution < -0.4 is 16.4 Å². The summed E-state index contributed by atoms with van der Waals surface area (Å²) in [5.41, 5.74) is 7.29. The lowest BCUT2D eigenvalue weighted by atomic mass is 10.2. The smallest absolute Gasteiger partial charge is 0.238 e. The van der Waals surface area contributed by atoms with Crippen LogP contribution in [0.1, 0.15) is 18.4 Å². The molecular formula is C15H22N4O2. The molecule has 1 heterocycles. The van der Waals surface area contributed by atoms with E-state index in [-0.39, 0.29) is 24.4 Å². The van der Waals surface area contributed by atoms with Crippen molar-refractivity contribution in [3.63, 3.8) is 0 Å². The molecule has 114 valence electrons. The Balaban J connectivity index is 1.93. The molecule has 0 saturated carbocycles. The van der Waals surface area contributed by atoms with Gasteiger partial charge in [0.15, 0.2) is 0 Å². The van der Waals surface area contributed by atoms with Crippen LogP contribution in [0, 0.1) is 0 Å². The number of carbonyl (C=O) groups excluding carboxylic acids is 2. The molecule has 1 atom stereocenters. The summed E-state index contributed by atoms with van der Waals surface area (Å²) >= 11 is 0. The van der Waals surface area contributed by atoms with Gasteiger partial charge in [-0.15, -0.1) is 0 Å². The molecule has 2 amide bonds. The van der Waals surface area contributed by atoms with Gasteiger partial charge in [0.2, 0.25) is 11.8 Å². The van der Waals surface area contributed by atoms with Gasteiger partial charge in [-0.3, -0.25) is 14.5 Å². The summed E-state index contributed by atoms with van der Waals surface area (Å²) in [5.74, 6) is -0.134. The van der Waals surface area contributed by atoms with Gasteiger partial charge < -0.3 is 16.4 Å². The highest BCUT2D eigenvalue weighted by molar-refractivity contribution is 5.93. The Morgan fingerprint density at radius 2 is 2.24 bits per heavy atom. The maximum Gasteiger partial charge on any atom is 0.238 e. The molecular weight excluding hydrogens is 268 g/mol. The van der Waals surface area contributed by atoms with Crippen LogP contribution in [0.4, 0.5) is 5.69 Å². The summed E-state index contributed by atoms with van der Waals surface area (Å²) < 4.78 is 0. The maximum absolute atomic E-state index is 12.1. The van der Waals surface area contributed by atoms with Crippen LogP contribution >= 0.6 is 0 Å². The molecule has 1 saturated heterocycles. The van der Waals surface area contributed by atoms with Crippen molar-refractivity contribution in [3.05, 3.63) is 29.8 Å². The number of nitrogens with zero attached hydrogens (tertiary/aromatic N) is 1. The van der Waals surface area contributed by atoms with Gasteiger partial charge in [0.1, 0.15) is 0 Å². The van der Waals surface area contributed by atoms with Gasteiger partial charge in [0, 0.05) is 19.3 Å². The zero-order chi connectivity index (χ0) is 15.2. The van der Waals surface area contributed by atoms with Crippen LogP contribution in [0.2, 0.25) is 0 Å². The highest BCUT2D eigenvalue weighted by Crippen LogP contribution is 2.17. The fraction of sp³-hybridized carbons (Fsp3) is 0.467. The van der Waals surface area contributed by atoms with Crippen molar-refractivity contribution >= 4 is 17.5 Å². The second-order valence-electron chi connectivity index (χ2n) is 5.20. The lowest BCUT2D eigenvalue weighted by molar-refractivity contribution is -0.126. The molecule has 0 radical (unpaired) electrons.